The highest BCUT2D eigenvalue weighted by Crippen LogP contribution is 2.18. The van der Waals surface area contributed by atoms with Gasteiger partial charge in [-0.2, -0.15) is 0 Å². The first kappa shape index (κ1) is 12.6. The van der Waals surface area contributed by atoms with E-state index >= 15 is 0 Å². The van der Waals surface area contributed by atoms with Crippen LogP contribution in [-0.4, -0.2) is 0 Å². The highest BCUT2D eigenvalue weighted by Gasteiger charge is 2.05. The average Bonchev–Trinajstić information content (AvgIpc) is 2.39. The molecule has 2 rings (SSSR count). The zero-order valence-electron chi connectivity index (χ0n) is 10.5. The van der Waals surface area contributed by atoms with E-state index in [4.69, 9.17) is 10.3 Å². The molecule has 4 heteroatoms. The first-order valence-corrected chi connectivity index (χ1v) is 6.28. The Kier molecular flexibility index (Phi) is 3.99. The van der Waals surface area contributed by atoms with Crippen molar-refractivity contribution in [2.75, 3.05) is 5.43 Å². The zero-order chi connectivity index (χ0) is 13.0. The van der Waals surface area contributed by atoms with Crippen molar-refractivity contribution in [1.29, 1.82) is 0 Å². The third kappa shape index (κ3) is 2.71. The fourth-order valence-corrected chi connectivity index (χ4v) is 1.98. The molecule has 2 aromatic rings. The molecule has 1 aromatic heterocycles. The van der Waals surface area contributed by atoms with Gasteiger partial charge < -0.3 is 9.84 Å². The van der Waals surface area contributed by atoms with Gasteiger partial charge in [0, 0.05) is 17.0 Å². The molecule has 0 saturated carbocycles. The lowest BCUT2D eigenvalue weighted by molar-refractivity contribution is 0.546. The number of anilines is 1. The van der Waals surface area contributed by atoms with Crippen LogP contribution in [0.25, 0.3) is 11.0 Å². The fourth-order valence-electron chi connectivity index (χ4n) is 1.98. The predicted molar refractivity (Wildman–Crippen MR) is 73.5 cm³/mol. The molecular formula is C14H18N2O2. The van der Waals surface area contributed by atoms with Crippen molar-refractivity contribution in [3.05, 3.63) is 40.2 Å². The molecule has 0 aliphatic heterocycles. The third-order valence-corrected chi connectivity index (χ3v) is 3.02. The van der Waals surface area contributed by atoms with Crippen molar-refractivity contribution in [3.63, 3.8) is 0 Å². The summed E-state index contributed by atoms with van der Waals surface area (Å²) in [5, 5.41) is 0.931. The van der Waals surface area contributed by atoms with E-state index in [2.05, 4.69) is 12.3 Å². The molecule has 0 bridgehead atoms. The lowest BCUT2D eigenvalue weighted by Gasteiger charge is -2.04. The molecule has 0 unspecified atom stereocenters. The number of hydrogen-bond donors (Lipinski definition) is 2. The number of benzene rings is 1. The van der Waals surface area contributed by atoms with Crippen LogP contribution in [0.1, 0.15) is 31.7 Å². The van der Waals surface area contributed by atoms with Gasteiger partial charge in [-0.15, -0.1) is 0 Å². The van der Waals surface area contributed by atoms with Crippen LogP contribution in [0, 0.1) is 0 Å². The Morgan fingerprint density at radius 2 is 2.11 bits per heavy atom. The second kappa shape index (κ2) is 5.69. The van der Waals surface area contributed by atoms with Crippen molar-refractivity contribution >= 4 is 16.7 Å². The Labute approximate surface area is 106 Å². The largest absolute Gasteiger partial charge is 0.422 e. The van der Waals surface area contributed by atoms with Gasteiger partial charge in [0.2, 0.25) is 0 Å². The summed E-state index contributed by atoms with van der Waals surface area (Å²) in [5.74, 6) is 5.32. The highest BCUT2D eigenvalue weighted by atomic mass is 16.4. The smallest absolute Gasteiger partial charge is 0.339 e. The minimum absolute atomic E-state index is 0.243. The van der Waals surface area contributed by atoms with E-state index in [1.165, 1.54) is 0 Å². The van der Waals surface area contributed by atoms with Crippen LogP contribution in [0.15, 0.2) is 33.5 Å². The second-order valence-corrected chi connectivity index (χ2v) is 4.41. The van der Waals surface area contributed by atoms with Gasteiger partial charge in [-0.05, 0) is 31.0 Å². The normalized spacial score (nSPS) is 10.8. The van der Waals surface area contributed by atoms with Crippen molar-refractivity contribution in [2.24, 2.45) is 5.84 Å². The van der Waals surface area contributed by atoms with Crippen molar-refractivity contribution in [1.82, 2.24) is 0 Å². The Morgan fingerprint density at radius 3 is 2.83 bits per heavy atom. The molecule has 0 fully saturated rings. The SMILES string of the molecule is CCCCCc1cc2ccc(NN)cc2oc1=O. The Balaban J connectivity index is 2.34. The Bertz CT molecular complexity index is 590. The van der Waals surface area contributed by atoms with Gasteiger partial charge in [0.05, 0.1) is 5.69 Å². The van der Waals surface area contributed by atoms with E-state index in [0.29, 0.717) is 5.58 Å². The second-order valence-electron chi connectivity index (χ2n) is 4.41. The molecule has 0 aliphatic rings. The maximum atomic E-state index is 11.8. The zero-order valence-corrected chi connectivity index (χ0v) is 10.5. The molecule has 0 spiro atoms. The van der Waals surface area contributed by atoms with Gasteiger partial charge in [-0.25, -0.2) is 4.79 Å². The summed E-state index contributed by atoms with van der Waals surface area (Å²) >= 11 is 0. The molecule has 0 aliphatic carbocycles. The maximum Gasteiger partial charge on any atom is 0.339 e. The summed E-state index contributed by atoms with van der Waals surface area (Å²) in [6.07, 6.45) is 4.08. The number of nitrogens with one attached hydrogen (secondary N) is 1. The van der Waals surface area contributed by atoms with Gasteiger partial charge in [0.1, 0.15) is 5.58 Å². The van der Waals surface area contributed by atoms with E-state index in [9.17, 15) is 4.79 Å². The summed E-state index contributed by atoms with van der Waals surface area (Å²) in [4.78, 5) is 11.8. The van der Waals surface area contributed by atoms with E-state index in [-0.39, 0.29) is 5.63 Å². The first-order chi connectivity index (χ1) is 8.74. The molecule has 0 atom stereocenters. The molecule has 0 amide bonds. The predicted octanol–water partition coefficient (Wildman–Crippen LogP) is 2.81. The lowest BCUT2D eigenvalue weighted by Crippen LogP contribution is -2.08. The van der Waals surface area contributed by atoms with Gasteiger partial charge in [-0.3, -0.25) is 5.84 Å². The fraction of sp³-hybridized carbons (Fsp3) is 0.357. The Hall–Kier alpha value is -1.81. The molecular weight excluding hydrogens is 228 g/mol. The van der Waals surface area contributed by atoms with Crippen LogP contribution in [0.3, 0.4) is 0 Å². The molecule has 1 aromatic carbocycles. The van der Waals surface area contributed by atoms with Crippen LogP contribution < -0.4 is 16.9 Å². The summed E-state index contributed by atoms with van der Waals surface area (Å²) in [5.41, 5.74) is 4.34. The number of unbranched alkanes of at least 4 members (excludes halogenated alkanes) is 2. The molecule has 96 valence electrons. The number of rotatable bonds is 5. The average molecular weight is 246 g/mol. The molecule has 0 radical (unpaired) electrons. The minimum atomic E-state index is -0.243. The molecule has 1 heterocycles. The molecule has 18 heavy (non-hydrogen) atoms. The number of nitrogen functional groups attached to an aromatic ring is 1. The number of hydrogen-bond acceptors (Lipinski definition) is 4. The third-order valence-electron chi connectivity index (χ3n) is 3.02. The Morgan fingerprint density at radius 1 is 1.28 bits per heavy atom. The minimum Gasteiger partial charge on any atom is -0.422 e. The summed E-state index contributed by atoms with van der Waals surface area (Å²) < 4.78 is 5.31. The van der Waals surface area contributed by atoms with E-state index in [0.717, 1.165) is 42.3 Å². The summed E-state index contributed by atoms with van der Waals surface area (Å²) in [6.45, 7) is 2.14. The number of hydrazine groups is 1. The van der Waals surface area contributed by atoms with Crippen LogP contribution in [-0.2, 0) is 6.42 Å². The van der Waals surface area contributed by atoms with E-state index in [1.807, 2.05) is 18.2 Å². The number of aryl methyl sites for hydroxylation is 1. The monoisotopic (exact) mass is 246 g/mol. The van der Waals surface area contributed by atoms with Gasteiger partial charge in [0.25, 0.3) is 0 Å². The van der Waals surface area contributed by atoms with Crippen molar-refractivity contribution < 1.29 is 4.42 Å². The summed E-state index contributed by atoms with van der Waals surface area (Å²) in [6, 6.07) is 7.40. The standard InChI is InChI=1S/C14H18N2O2/c1-2-3-4-5-11-8-10-6-7-12(16-15)9-13(10)18-14(11)17/h6-9,16H,2-5,15H2,1H3. The van der Waals surface area contributed by atoms with Gasteiger partial charge >= 0.3 is 5.63 Å². The number of fused-ring (bicyclic) bond motifs is 1. The van der Waals surface area contributed by atoms with Gasteiger partial charge in [0.15, 0.2) is 0 Å². The van der Waals surface area contributed by atoms with Crippen LogP contribution >= 0.6 is 0 Å². The maximum absolute atomic E-state index is 11.8. The molecule has 3 N–H and O–H groups in total. The van der Waals surface area contributed by atoms with Crippen LogP contribution in [0.2, 0.25) is 0 Å². The summed E-state index contributed by atoms with van der Waals surface area (Å²) in [7, 11) is 0. The van der Waals surface area contributed by atoms with Gasteiger partial charge in [-0.1, -0.05) is 19.8 Å². The number of nitrogens with two attached hydrogens (primary N) is 1. The van der Waals surface area contributed by atoms with E-state index < -0.39 is 0 Å². The van der Waals surface area contributed by atoms with Crippen molar-refractivity contribution in [3.8, 4) is 0 Å². The molecule has 0 saturated heterocycles. The highest BCUT2D eigenvalue weighted by molar-refractivity contribution is 5.80. The van der Waals surface area contributed by atoms with Crippen LogP contribution in [0.4, 0.5) is 5.69 Å². The van der Waals surface area contributed by atoms with E-state index in [1.54, 1.807) is 6.07 Å². The topological polar surface area (TPSA) is 68.3 Å². The quantitative estimate of drug-likeness (QED) is 0.368. The van der Waals surface area contributed by atoms with Crippen LogP contribution in [0.5, 0.6) is 0 Å². The first-order valence-electron chi connectivity index (χ1n) is 6.28. The molecule has 4 nitrogen and oxygen atoms in total. The van der Waals surface area contributed by atoms with Crippen molar-refractivity contribution in [2.45, 2.75) is 32.6 Å². The lowest BCUT2D eigenvalue weighted by atomic mass is 10.1.